The molecule has 0 aromatic carbocycles. The van der Waals surface area contributed by atoms with E-state index in [0.717, 1.165) is 48.9 Å². The van der Waals surface area contributed by atoms with E-state index in [-0.39, 0.29) is 5.91 Å². The van der Waals surface area contributed by atoms with Crippen LogP contribution in [-0.2, 0) is 6.42 Å². The molecular weight excluding hydrogens is 286 g/mol. The number of nitrogens with zero attached hydrogens (tertiary/aromatic N) is 3. The van der Waals surface area contributed by atoms with Gasteiger partial charge in [-0.15, -0.1) is 5.10 Å². The molecule has 2 heterocycles. The third kappa shape index (κ3) is 4.49. The second-order valence-corrected chi connectivity index (χ2v) is 5.43. The maximum Gasteiger partial charge on any atom is 0.256 e. The van der Waals surface area contributed by atoms with Crippen molar-refractivity contribution in [2.75, 3.05) is 17.2 Å². The number of pyridine rings is 1. The average Bonchev–Trinajstić information content (AvgIpc) is 2.98. The Labute approximate surface area is 128 Å². The number of carbonyl (C=O) groups excluding carboxylic acids is 1. The van der Waals surface area contributed by atoms with E-state index in [1.807, 2.05) is 6.07 Å². The van der Waals surface area contributed by atoms with E-state index >= 15 is 0 Å². The van der Waals surface area contributed by atoms with Crippen molar-refractivity contribution in [2.45, 2.75) is 33.1 Å². The molecule has 0 fully saturated rings. The van der Waals surface area contributed by atoms with Gasteiger partial charge in [0.15, 0.2) is 0 Å². The molecule has 21 heavy (non-hydrogen) atoms. The molecule has 0 radical (unpaired) electrons. The van der Waals surface area contributed by atoms with Crippen molar-refractivity contribution in [1.29, 1.82) is 0 Å². The predicted molar refractivity (Wildman–Crippen MR) is 84.9 cm³/mol. The zero-order chi connectivity index (χ0) is 15.1. The molecule has 0 spiro atoms. The number of rotatable bonds is 7. The van der Waals surface area contributed by atoms with Crippen molar-refractivity contribution >= 4 is 28.3 Å². The van der Waals surface area contributed by atoms with Gasteiger partial charge in [0, 0.05) is 29.3 Å². The fraction of sp³-hybridized carbons (Fsp3) is 0.429. The molecule has 0 saturated heterocycles. The maximum absolute atomic E-state index is 12.3. The third-order valence-corrected chi connectivity index (χ3v) is 3.38. The van der Waals surface area contributed by atoms with Crippen molar-refractivity contribution < 1.29 is 4.79 Å². The Hall–Kier alpha value is -2.02. The van der Waals surface area contributed by atoms with Crippen LogP contribution in [0, 0.1) is 0 Å². The molecule has 7 heteroatoms. The number of nitrogens with one attached hydrogen (secondary N) is 2. The molecule has 2 aromatic rings. The fourth-order valence-electron chi connectivity index (χ4n) is 1.85. The molecule has 2 N–H and O–H groups in total. The number of aryl methyl sites for hydroxylation is 1. The Morgan fingerprint density at radius 2 is 2.14 bits per heavy atom. The van der Waals surface area contributed by atoms with Crippen LogP contribution in [0.1, 0.15) is 42.7 Å². The minimum Gasteiger partial charge on any atom is -0.370 e. The van der Waals surface area contributed by atoms with Crippen molar-refractivity contribution in [1.82, 2.24) is 14.6 Å². The van der Waals surface area contributed by atoms with E-state index in [0.29, 0.717) is 10.6 Å². The Balaban J connectivity index is 2.19. The fourth-order valence-corrected chi connectivity index (χ4v) is 2.27. The van der Waals surface area contributed by atoms with Crippen molar-refractivity contribution in [3.8, 4) is 0 Å². The lowest BCUT2D eigenvalue weighted by atomic mass is 10.1. The van der Waals surface area contributed by atoms with Crippen LogP contribution < -0.4 is 10.6 Å². The normalized spacial score (nSPS) is 10.4. The van der Waals surface area contributed by atoms with E-state index < -0.39 is 0 Å². The van der Waals surface area contributed by atoms with Gasteiger partial charge in [-0.05, 0) is 25.0 Å². The first-order valence-corrected chi connectivity index (χ1v) is 7.83. The van der Waals surface area contributed by atoms with E-state index in [1.165, 1.54) is 6.20 Å². The molecule has 2 rings (SSSR count). The highest BCUT2D eigenvalue weighted by atomic mass is 32.1. The largest absolute Gasteiger partial charge is 0.370 e. The Morgan fingerprint density at radius 1 is 1.29 bits per heavy atom. The summed E-state index contributed by atoms with van der Waals surface area (Å²) in [5.74, 6) is 0.579. The molecule has 0 aliphatic heterocycles. The number of aromatic nitrogens is 3. The predicted octanol–water partition coefficient (Wildman–Crippen LogP) is 2.96. The van der Waals surface area contributed by atoms with Crippen LogP contribution in [0.15, 0.2) is 18.3 Å². The quantitative estimate of drug-likeness (QED) is 0.822. The van der Waals surface area contributed by atoms with Gasteiger partial charge in [-0.3, -0.25) is 4.79 Å². The van der Waals surface area contributed by atoms with Gasteiger partial charge in [-0.2, -0.15) is 0 Å². The summed E-state index contributed by atoms with van der Waals surface area (Å²) in [5, 5.41) is 10.4. The van der Waals surface area contributed by atoms with Gasteiger partial charge >= 0.3 is 0 Å². The zero-order valence-corrected chi connectivity index (χ0v) is 13.0. The summed E-state index contributed by atoms with van der Waals surface area (Å²) >= 11 is 1.15. The Bertz CT molecular complexity index is 585. The highest BCUT2D eigenvalue weighted by Crippen LogP contribution is 2.16. The molecular formula is C14H19N5OS. The SMILES string of the molecule is CCCNc1cc(C(=O)Nc2cnns2)cc(CCC)n1. The number of amides is 1. The monoisotopic (exact) mass is 305 g/mol. The van der Waals surface area contributed by atoms with Crippen LogP contribution in [0.25, 0.3) is 0 Å². The first-order chi connectivity index (χ1) is 10.2. The van der Waals surface area contributed by atoms with Crippen LogP contribution in [0.5, 0.6) is 0 Å². The summed E-state index contributed by atoms with van der Waals surface area (Å²) < 4.78 is 3.73. The van der Waals surface area contributed by atoms with Gasteiger partial charge < -0.3 is 10.6 Å². The van der Waals surface area contributed by atoms with E-state index in [1.54, 1.807) is 6.07 Å². The molecule has 0 aliphatic rings. The molecule has 0 unspecified atom stereocenters. The summed E-state index contributed by atoms with van der Waals surface area (Å²) in [7, 11) is 0. The highest BCUT2D eigenvalue weighted by molar-refractivity contribution is 7.10. The first-order valence-electron chi connectivity index (χ1n) is 7.06. The minimum atomic E-state index is -0.166. The lowest BCUT2D eigenvalue weighted by Gasteiger charge is -2.09. The smallest absolute Gasteiger partial charge is 0.256 e. The van der Waals surface area contributed by atoms with Gasteiger partial charge in [0.25, 0.3) is 5.91 Å². The van der Waals surface area contributed by atoms with Crippen LogP contribution in [0.4, 0.5) is 10.8 Å². The molecule has 0 atom stereocenters. The lowest BCUT2D eigenvalue weighted by Crippen LogP contribution is -2.13. The molecule has 1 amide bonds. The van der Waals surface area contributed by atoms with Gasteiger partial charge in [0.1, 0.15) is 10.8 Å². The number of hydrogen-bond donors (Lipinski definition) is 2. The number of hydrogen-bond acceptors (Lipinski definition) is 6. The highest BCUT2D eigenvalue weighted by Gasteiger charge is 2.11. The van der Waals surface area contributed by atoms with E-state index in [2.05, 4.69) is 39.1 Å². The van der Waals surface area contributed by atoms with Crippen LogP contribution in [-0.4, -0.2) is 27.0 Å². The summed E-state index contributed by atoms with van der Waals surface area (Å²) in [6, 6.07) is 3.61. The van der Waals surface area contributed by atoms with Crippen molar-refractivity contribution in [2.24, 2.45) is 0 Å². The van der Waals surface area contributed by atoms with Crippen molar-refractivity contribution in [3.05, 3.63) is 29.6 Å². The summed E-state index contributed by atoms with van der Waals surface area (Å²) in [6.45, 7) is 5.02. The van der Waals surface area contributed by atoms with Gasteiger partial charge in [-0.25, -0.2) is 4.98 Å². The Morgan fingerprint density at radius 3 is 2.81 bits per heavy atom. The second-order valence-electron chi connectivity index (χ2n) is 4.65. The van der Waals surface area contributed by atoms with E-state index in [4.69, 9.17) is 0 Å². The molecule has 2 aromatic heterocycles. The second kappa shape index (κ2) is 7.68. The van der Waals surface area contributed by atoms with Crippen LogP contribution >= 0.6 is 11.5 Å². The number of carbonyl (C=O) groups is 1. The number of anilines is 2. The lowest BCUT2D eigenvalue weighted by molar-refractivity contribution is 0.102. The molecule has 112 valence electrons. The van der Waals surface area contributed by atoms with E-state index in [9.17, 15) is 4.79 Å². The van der Waals surface area contributed by atoms with Crippen LogP contribution in [0.2, 0.25) is 0 Å². The standard InChI is InChI=1S/C14H19N5OS/c1-3-5-11-7-10(8-12(17-11)15-6-4-2)14(20)18-13-9-16-19-21-13/h7-9H,3-6H2,1-2H3,(H,15,17)(H,18,20). The summed E-state index contributed by atoms with van der Waals surface area (Å²) in [6.07, 6.45) is 4.38. The molecule has 6 nitrogen and oxygen atoms in total. The summed E-state index contributed by atoms with van der Waals surface area (Å²) in [5.41, 5.74) is 1.52. The zero-order valence-electron chi connectivity index (χ0n) is 12.2. The maximum atomic E-state index is 12.3. The van der Waals surface area contributed by atoms with Gasteiger partial charge in [0.2, 0.25) is 0 Å². The molecule has 0 bridgehead atoms. The average molecular weight is 305 g/mol. The Kier molecular flexibility index (Phi) is 5.62. The minimum absolute atomic E-state index is 0.166. The third-order valence-electron chi connectivity index (χ3n) is 2.80. The van der Waals surface area contributed by atoms with Gasteiger partial charge in [0.05, 0.1) is 6.20 Å². The first kappa shape index (κ1) is 15.4. The molecule has 0 aliphatic carbocycles. The van der Waals surface area contributed by atoms with Gasteiger partial charge in [-0.1, -0.05) is 24.8 Å². The molecule has 0 saturated carbocycles. The van der Waals surface area contributed by atoms with Crippen LogP contribution in [0.3, 0.4) is 0 Å². The summed E-state index contributed by atoms with van der Waals surface area (Å²) in [4.78, 5) is 16.8. The van der Waals surface area contributed by atoms with Crippen molar-refractivity contribution in [3.63, 3.8) is 0 Å². The topological polar surface area (TPSA) is 79.8 Å².